The molecule has 0 aliphatic carbocycles. The van der Waals surface area contributed by atoms with E-state index < -0.39 is 6.17 Å². The second-order valence-corrected chi connectivity index (χ2v) is 3.89. The van der Waals surface area contributed by atoms with E-state index in [1.54, 1.807) is 0 Å². The Labute approximate surface area is 74.3 Å². The highest BCUT2D eigenvalue weighted by Gasteiger charge is 2.31. The third-order valence-corrected chi connectivity index (χ3v) is 2.48. The van der Waals surface area contributed by atoms with Crippen molar-refractivity contribution in [2.24, 2.45) is 5.92 Å². The minimum atomic E-state index is -0.618. The van der Waals surface area contributed by atoms with Crippen LogP contribution in [0, 0.1) is 5.92 Å². The van der Waals surface area contributed by atoms with E-state index >= 15 is 0 Å². The van der Waals surface area contributed by atoms with Gasteiger partial charge in [-0.25, -0.2) is 4.39 Å². The van der Waals surface area contributed by atoms with Crippen LogP contribution in [0.2, 0.25) is 0 Å². The Balaban J connectivity index is 2.35. The molecule has 2 unspecified atom stereocenters. The molecule has 0 saturated carbocycles. The van der Waals surface area contributed by atoms with Crippen molar-refractivity contribution in [3.8, 4) is 0 Å². The van der Waals surface area contributed by atoms with Crippen LogP contribution in [0.3, 0.4) is 0 Å². The molecular weight excluding hydrogens is 155 g/mol. The lowest BCUT2D eigenvalue weighted by Crippen LogP contribution is -2.28. The Morgan fingerprint density at radius 1 is 1.42 bits per heavy atom. The average Bonchev–Trinajstić information content (AvgIpc) is 2.31. The molecule has 3 heteroatoms. The Bertz CT molecular complexity index is 138. The van der Waals surface area contributed by atoms with Gasteiger partial charge in [-0.05, 0) is 20.6 Å². The molecule has 2 nitrogen and oxygen atoms in total. The van der Waals surface area contributed by atoms with E-state index in [9.17, 15) is 4.39 Å². The van der Waals surface area contributed by atoms with Crippen LogP contribution in [0.25, 0.3) is 0 Å². The summed E-state index contributed by atoms with van der Waals surface area (Å²) in [6.45, 7) is 5.50. The molecule has 0 aromatic carbocycles. The van der Waals surface area contributed by atoms with Crippen molar-refractivity contribution < 1.29 is 4.39 Å². The number of likely N-dealkylation sites (tertiary alicyclic amines) is 1. The van der Waals surface area contributed by atoms with Gasteiger partial charge in [-0.3, -0.25) is 0 Å². The average molecular weight is 174 g/mol. The largest absolute Gasteiger partial charge is 0.309 e. The number of rotatable bonds is 3. The highest BCUT2D eigenvalue weighted by atomic mass is 19.1. The van der Waals surface area contributed by atoms with Crippen molar-refractivity contribution in [1.29, 1.82) is 0 Å². The van der Waals surface area contributed by atoms with Crippen LogP contribution in [-0.4, -0.2) is 56.2 Å². The fourth-order valence-corrected chi connectivity index (χ4v) is 1.82. The van der Waals surface area contributed by atoms with Gasteiger partial charge in [0, 0.05) is 25.6 Å². The first-order valence-electron chi connectivity index (χ1n) is 4.64. The Kier molecular flexibility index (Phi) is 3.47. The molecule has 1 saturated heterocycles. The molecule has 12 heavy (non-hydrogen) atoms. The predicted octanol–water partition coefficient (Wildman–Crippen LogP) is 0.838. The molecule has 0 radical (unpaired) electrons. The van der Waals surface area contributed by atoms with E-state index in [1.165, 1.54) is 0 Å². The van der Waals surface area contributed by atoms with E-state index in [2.05, 4.69) is 16.7 Å². The molecule has 0 aromatic rings. The maximum absolute atomic E-state index is 13.3. The third kappa shape index (κ3) is 2.42. The molecule has 1 aliphatic heterocycles. The molecule has 1 heterocycles. The van der Waals surface area contributed by atoms with Crippen LogP contribution in [0.4, 0.5) is 4.39 Å². The normalized spacial score (nSPS) is 31.8. The van der Waals surface area contributed by atoms with Gasteiger partial charge in [0.25, 0.3) is 0 Å². The summed E-state index contributed by atoms with van der Waals surface area (Å²) in [5, 5.41) is 0. The first-order chi connectivity index (χ1) is 5.63. The summed E-state index contributed by atoms with van der Waals surface area (Å²) >= 11 is 0. The number of alkyl halides is 1. The summed E-state index contributed by atoms with van der Waals surface area (Å²) in [6, 6.07) is 0. The number of halogens is 1. The first-order valence-corrected chi connectivity index (χ1v) is 4.64. The Morgan fingerprint density at radius 3 is 2.50 bits per heavy atom. The van der Waals surface area contributed by atoms with Crippen LogP contribution in [-0.2, 0) is 0 Å². The lowest BCUT2D eigenvalue weighted by Gasteiger charge is -2.17. The molecule has 0 bridgehead atoms. The molecule has 2 atom stereocenters. The smallest absolute Gasteiger partial charge is 0.118 e. The van der Waals surface area contributed by atoms with E-state index in [4.69, 9.17) is 0 Å². The van der Waals surface area contributed by atoms with Crippen molar-refractivity contribution in [3.63, 3.8) is 0 Å². The monoisotopic (exact) mass is 174 g/mol. The van der Waals surface area contributed by atoms with E-state index in [0.29, 0.717) is 6.54 Å². The molecule has 0 amide bonds. The van der Waals surface area contributed by atoms with Gasteiger partial charge in [0.15, 0.2) is 0 Å². The fraction of sp³-hybridized carbons (Fsp3) is 1.00. The highest BCUT2D eigenvalue weighted by molar-refractivity contribution is 4.84. The van der Waals surface area contributed by atoms with Crippen molar-refractivity contribution in [2.45, 2.75) is 13.1 Å². The predicted molar refractivity (Wildman–Crippen MR) is 49.1 cm³/mol. The number of hydrogen-bond acceptors (Lipinski definition) is 2. The van der Waals surface area contributed by atoms with Crippen LogP contribution < -0.4 is 0 Å². The van der Waals surface area contributed by atoms with E-state index in [-0.39, 0.29) is 5.92 Å². The molecule has 1 fully saturated rings. The van der Waals surface area contributed by atoms with Gasteiger partial charge in [-0.1, -0.05) is 6.92 Å². The molecule has 72 valence electrons. The second-order valence-electron chi connectivity index (χ2n) is 3.89. The molecule has 1 aliphatic rings. The second kappa shape index (κ2) is 4.19. The van der Waals surface area contributed by atoms with Crippen molar-refractivity contribution >= 4 is 0 Å². The minimum absolute atomic E-state index is 0.222. The standard InChI is InChI=1S/C9H19FN2/c1-4-12-6-8(5-11(2)3)9(10)7-12/h8-9H,4-7H2,1-3H3. The van der Waals surface area contributed by atoms with Crippen LogP contribution in [0.15, 0.2) is 0 Å². The number of nitrogens with zero attached hydrogens (tertiary/aromatic N) is 2. The summed E-state index contributed by atoms with van der Waals surface area (Å²) in [7, 11) is 4.00. The minimum Gasteiger partial charge on any atom is -0.309 e. The van der Waals surface area contributed by atoms with E-state index in [1.807, 2.05) is 14.1 Å². The quantitative estimate of drug-likeness (QED) is 0.625. The summed E-state index contributed by atoms with van der Waals surface area (Å²) in [4.78, 5) is 4.25. The van der Waals surface area contributed by atoms with E-state index in [0.717, 1.165) is 19.6 Å². The van der Waals surface area contributed by atoms with Gasteiger partial charge in [0.1, 0.15) is 6.17 Å². The molecular formula is C9H19FN2. The SMILES string of the molecule is CCN1CC(F)C(CN(C)C)C1. The van der Waals surface area contributed by atoms with Crippen LogP contribution in [0.1, 0.15) is 6.92 Å². The van der Waals surface area contributed by atoms with Crippen LogP contribution >= 0.6 is 0 Å². The van der Waals surface area contributed by atoms with Gasteiger partial charge < -0.3 is 9.80 Å². The fourth-order valence-electron chi connectivity index (χ4n) is 1.82. The third-order valence-electron chi connectivity index (χ3n) is 2.48. The Morgan fingerprint density at radius 2 is 2.08 bits per heavy atom. The lowest BCUT2D eigenvalue weighted by molar-refractivity contribution is 0.231. The van der Waals surface area contributed by atoms with Crippen molar-refractivity contribution in [1.82, 2.24) is 9.80 Å². The van der Waals surface area contributed by atoms with Gasteiger partial charge in [0.2, 0.25) is 0 Å². The first kappa shape index (κ1) is 9.93. The molecule has 0 aromatic heterocycles. The summed E-state index contributed by atoms with van der Waals surface area (Å²) in [5.41, 5.74) is 0. The molecule has 0 N–H and O–H groups in total. The maximum atomic E-state index is 13.3. The zero-order valence-electron chi connectivity index (χ0n) is 8.26. The summed E-state index contributed by atoms with van der Waals surface area (Å²) < 4.78 is 13.3. The van der Waals surface area contributed by atoms with Gasteiger partial charge in [-0.15, -0.1) is 0 Å². The van der Waals surface area contributed by atoms with Crippen molar-refractivity contribution in [3.05, 3.63) is 0 Å². The van der Waals surface area contributed by atoms with Gasteiger partial charge in [0.05, 0.1) is 0 Å². The molecule has 1 rings (SSSR count). The van der Waals surface area contributed by atoms with Gasteiger partial charge in [-0.2, -0.15) is 0 Å². The number of hydrogen-bond donors (Lipinski definition) is 0. The zero-order valence-corrected chi connectivity index (χ0v) is 8.26. The Hall–Kier alpha value is -0.150. The topological polar surface area (TPSA) is 6.48 Å². The summed E-state index contributed by atoms with van der Waals surface area (Å²) in [5.74, 6) is 0.222. The maximum Gasteiger partial charge on any atom is 0.118 e. The van der Waals surface area contributed by atoms with Crippen LogP contribution in [0.5, 0.6) is 0 Å². The highest BCUT2D eigenvalue weighted by Crippen LogP contribution is 2.19. The summed E-state index contributed by atoms with van der Waals surface area (Å²) in [6.07, 6.45) is -0.618. The lowest BCUT2D eigenvalue weighted by atomic mass is 10.1. The zero-order chi connectivity index (χ0) is 9.14. The van der Waals surface area contributed by atoms with Gasteiger partial charge >= 0.3 is 0 Å². The molecule has 0 spiro atoms. The van der Waals surface area contributed by atoms with Crippen molar-refractivity contribution in [2.75, 3.05) is 40.3 Å².